The molecule has 0 bridgehead atoms. The predicted molar refractivity (Wildman–Crippen MR) is 113 cm³/mol. The van der Waals surface area contributed by atoms with Crippen molar-refractivity contribution in [2.45, 2.75) is 0 Å². The average Bonchev–Trinajstić information content (AvgIpc) is 2.68. The minimum absolute atomic E-state index is 0.0311. The Labute approximate surface area is 170 Å². The number of carbonyl (C=O) groups is 2. The number of aromatic hydroxyl groups is 1. The van der Waals surface area contributed by atoms with Crippen LogP contribution in [0.5, 0.6) is 5.75 Å². The SMILES string of the molecule is O=C(Nc1cccc(O)c1)/C(=C/c1cccc(Br)c1)NC(=O)c1ccccc1. The van der Waals surface area contributed by atoms with Crippen molar-refractivity contribution in [3.63, 3.8) is 0 Å². The maximum atomic E-state index is 12.8. The Balaban J connectivity index is 1.89. The van der Waals surface area contributed by atoms with E-state index in [4.69, 9.17) is 0 Å². The molecule has 0 spiro atoms. The number of amides is 2. The maximum absolute atomic E-state index is 12.8. The van der Waals surface area contributed by atoms with E-state index in [9.17, 15) is 14.7 Å². The fraction of sp³-hybridized carbons (Fsp3) is 0. The van der Waals surface area contributed by atoms with Crippen LogP contribution in [0.3, 0.4) is 0 Å². The molecule has 140 valence electrons. The van der Waals surface area contributed by atoms with Gasteiger partial charge in [-0.25, -0.2) is 0 Å². The van der Waals surface area contributed by atoms with Crippen molar-refractivity contribution in [2.75, 3.05) is 5.32 Å². The van der Waals surface area contributed by atoms with Crippen LogP contribution in [0.15, 0.2) is 89.0 Å². The Hall–Kier alpha value is -3.38. The monoisotopic (exact) mass is 436 g/mol. The van der Waals surface area contributed by atoms with E-state index in [0.717, 1.165) is 10.0 Å². The van der Waals surface area contributed by atoms with Crippen molar-refractivity contribution in [1.82, 2.24) is 5.32 Å². The molecular weight excluding hydrogens is 420 g/mol. The van der Waals surface area contributed by atoms with Gasteiger partial charge in [0.25, 0.3) is 11.8 Å². The highest BCUT2D eigenvalue weighted by Crippen LogP contribution is 2.18. The van der Waals surface area contributed by atoms with E-state index in [-0.39, 0.29) is 11.4 Å². The van der Waals surface area contributed by atoms with Crippen molar-refractivity contribution in [2.24, 2.45) is 0 Å². The molecule has 0 unspecified atom stereocenters. The summed E-state index contributed by atoms with van der Waals surface area (Å²) < 4.78 is 0.850. The first-order chi connectivity index (χ1) is 13.5. The van der Waals surface area contributed by atoms with Gasteiger partial charge in [0.05, 0.1) is 0 Å². The van der Waals surface area contributed by atoms with Crippen LogP contribution in [0.25, 0.3) is 6.08 Å². The second-order valence-corrected chi connectivity index (χ2v) is 6.85. The normalized spacial score (nSPS) is 11.0. The van der Waals surface area contributed by atoms with Gasteiger partial charge in [-0.3, -0.25) is 9.59 Å². The molecule has 28 heavy (non-hydrogen) atoms. The Morgan fingerprint density at radius 2 is 1.64 bits per heavy atom. The maximum Gasteiger partial charge on any atom is 0.272 e. The summed E-state index contributed by atoms with van der Waals surface area (Å²) in [4.78, 5) is 25.3. The van der Waals surface area contributed by atoms with Crippen molar-refractivity contribution >= 4 is 39.5 Å². The molecule has 0 aliphatic rings. The fourth-order valence-corrected chi connectivity index (χ4v) is 2.90. The van der Waals surface area contributed by atoms with Crippen molar-refractivity contribution in [3.8, 4) is 5.75 Å². The minimum atomic E-state index is -0.505. The molecule has 3 rings (SSSR count). The van der Waals surface area contributed by atoms with Crippen LogP contribution in [0.1, 0.15) is 15.9 Å². The molecule has 0 heterocycles. The van der Waals surface area contributed by atoms with Gasteiger partial charge in [-0.1, -0.05) is 52.3 Å². The molecule has 0 aliphatic carbocycles. The van der Waals surface area contributed by atoms with Gasteiger partial charge in [-0.05, 0) is 48.0 Å². The van der Waals surface area contributed by atoms with Crippen LogP contribution in [-0.4, -0.2) is 16.9 Å². The van der Waals surface area contributed by atoms with E-state index in [1.54, 1.807) is 42.5 Å². The minimum Gasteiger partial charge on any atom is -0.508 e. The first-order valence-electron chi connectivity index (χ1n) is 8.45. The molecule has 0 aliphatic heterocycles. The van der Waals surface area contributed by atoms with Gasteiger partial charge in [-0.2, -0.15) is 0 Å². The molecule has 6 heteroatoms. The standard InChI is InChI=1S/C22H17BrN2O3/c23-17-9-4-6-15(12-17)13-20(25-21(27)16-7-2-1-3-8-16)22(28)24-18-10-5-11-19(26)14-18/h1-14,26H,(H,24,28)(H,25,27)/b20-13-. The molecule has 5 nitrogen and oxygen atoms in total. The molecule has 3 aromatic carbocycles. The topological polar surface area (TPSA) is 78.4 Å². The van der Waals surface area contributed by atoms with Crippen molar-refractivity contribution in [1.29, 1.82) is 0 Å². The van der Waals surface area contributed by atoms with E-state index in [1.165, 1.54) is 12.1 Å². The molecule has 0 saturated heterocycles. The predicted octanol–water partition coefficient (Wildman–Crippen LogP) is 4.56. The summed E-state index contributed by atoms with van der Waals surface area (Å²) in [6.45, 7) is 0. The molecule has 0 atom stereocenters. The summed E-state index contributed by atoms with van der Waals surface area (Å²) in [7, 11) is 0. The van der Waals surface area contributed by atoms with Crippen LogP contribution < -0.4 is 10.6 Å². The lowest BCUT2D eigenvalue weighted by molar-refractivity contribution is -0.113. The van der Waals surface area contributed by atoms with E-state index in [1.807, 2.05) is 30.3 Å². The highest BCUT2D eigenvalue weighted by Gasteiger charge is 2.15. The summed E-state index contributed by atoms with van der Waals surface area (Å²) in [6.07, 6.45) is 1.59. The number of nitrogens with one attached hydrogen (secondary N) is 2. The number of phenolic OH excluding ortho intramolecular Hbond substituents is 1. The molecule has 3 N–H and O–H groups in total. The summed E-state index contributed by atoms with van der Waals surface area (Å²) in [5.41, 5.74) is 1.67. The Morgan fingerprint density at radius 1 is 0.893 bits per heavy atom. The lowest BCUT2D eigenvalue weighted by Gasteiger charge is -2.12. The second-order valence-electron chi connectivity index (χ2n) is 5.94. The molecular formula is C22H17BrN2O3. The smallest absolute Gasteiger partial charge is 0.272 e. The van der Waals surface area contributed by atoms with Gasteiger partial charge >= 0.3 is 0 Å². The Kier molecular flexibility index (Phi) is 6.24. The first kappa shape index (κ1) is 19.4. The molecule has 0 fully saturated rings. The Morgan fingerprint density at radius 3 is 2.36 bits per heavy atom. The highest BCUT2D eigenvalue weighted by molar-refractivity contribution is 9.10. The number of carbonyl (C=O) groups excluding carboxylic acids is 2. The van der Waals surface area contributed by atoms with Crippen LogP contribution in [0.2, 0.25) is 0 Å². The van der Waals surface area contributed by atoms with Gasteiger partial charge in [0.2, 0.25) is 0 Å². The summed E-state index contributed by atoms with van der Waals surface area (Å²) in [5.74, 6) is -0.869. The van der Waals surface area contributed by atoms with Crippen molar-refractivity contribution < 1.29 is 14.7 Å². The van der Waals surface area contributed by atoms with Gasteiger partial charge < -0.3 is 15.7 Å². The molecule has 2 amide bonds. The lowest BCUT2D eigenvalue weighted by Crippen LogP contribution is -2.30. The molecule has 0 aromatic heterocycles. The van der Waals surface area contributed by atoms with Gasteiger partial charge in [-0.15, -0.1) is 0 Å². The number of halogens is 1. The van der Waals surface area contributed by atoms with Crippen molar-refractivity contribution in [3.05, 3.63) is 100 Å². The zero-order chi connectivity index (χ0) is 19.9. The van der Waals surface area contributed by atoms with Crippen LogP contribution >= 0.6 is 15.9 Å². The number of anilines is 1. The highest BCUT2D eigenvalue weighted by atomic mass is 79.9. The molecule has 3 aromatic rings. The number of benzene rings is 3. The van der Waals surface area contributed by atoms with E-state index in [2.05, 4.69) is 26.6 Å². The quantitative estimate of drug-likeness (QED) is 0.512. The van der Waals surface area contributed by atoms with E-state index in [0.29, 0.717) is 11.3 Å². The van der Waals surface area contributed by atoms with E-state index < -0.39 is 11.8 Å². The van der Waals surface area contributed by atoms with Crippen LogP contribution in [0.4, 0.5) is 5.69 Å². The molecule has 0 radical (unpaired) electrons. The number of phenols is 1. The number of hydrogen-bond acceptors (Lipinski definition) is 3. The fourth-order valence-electron chi connectivity index (χ4n) is 2.49. The third kappa shape index (κ3) is 5.31. The second kappa shape index (κ2) is 9.01. The first-order valence-corrected chi connectivity index (χ1v) is 9.24. The zero-order valence-corrected chi connectivity index (χ0v) is 16.3. The zero-order valence-electron chi connectivity index (χ0n) is 14.7. The molecule has 0 saturated carbocycles. The third-order valence-electron chi connectivity index (χ3n) is 3.79. The van der Waals surface area contributed by atoms with Crippen LogP contribution in [-0.2, 0) is 4.79 Å². The van der Waals surface area contributed by atoms with Crippen LogP contribution in [0, 0.1) is 0 Å². The number of rotatable bonds is 5. The third-order valence-corrected chi connectivity index (χ3v) is 4.29. The summed E-state index contributed by atoms with van der Waals surface area (Å²) >= 11 is 3.39. The van der Waals surface area contributed by atoms with E-state index >= 15 is 0 Å². The largest absolute Gasteiger partial charge is 0.508 e. The Bertz CT molecular complexity index is 1030. The lowest BCUT2D eigenvalue weighted by atomic mass is 10.1. The summed E-state index contributed by atoms with van der Waals surface area (Å²) in [6, 6.07) is 22.2. The van der Waals surface area contributed by atoms with Gasteiger partial charge in [0.1, 0.15) is 11.4 Å². The van der Waals surface area contributed by atoms with Gasteiger partial charge in [0, 0.05) is 21.8 Å². The van der Waals surface area contributed by atoms with Gasteiger partial charge in [0.15, 0.2) is 0 Å². The number of hydrogen-bond donors (Lipinski definition) is 3. The summed E-state index contributed by atoms with van der Waals surface area (Å²) in [5, 5.41) is 14.9. The average molecular weight is 437 g/mol.